The molecule has 1 N–H and O–H groups in total. The van der Waals surface area contributed by atoms with E-state index < -0.39 is 12.1 Å². The molecule has 2 rings (SSSR count). The van der Waals surface area contributed by atoms with E-state index in [9.17, 15) is 9.90 Å². The quantitative estimate of drug-likeness (QED) is 0.519. The van der Waals surface area contributed by atoms with E-state index in [0.717, 1.165) is 15.2 Å². The number of carbonyl (C=O) groups excluding carboxylic acids is 1. The number of carbonyl (C=O) groups is 1. The van der Waals surface area contributed by atoms with Gasteiger partial charge >= 0.3 is 5.97 Å². The van der Waals surface area contributed by atoms with E-state index in [4.69, 9.17) is 0 Å². The molecule has 0 aliphatic rings. The second kappa shape index (κ2) is 6.51. The summed E-state index contributed by atoms with van der Waals surface area (Å²) in [5, 5.41) is 11.7. The highest BCUT2D eigenvalue weighted by Crippen LogP contribution is 2.34. The van der Waals surface area contributed by atoms with Crippen LogP contribution in [-0.2, 0) is 9.53 Å². The second-order valence-corrected chi connectivity index (χ2v) is 6.60. The number of fused-ring (bicyclic) bond motifs is 1. The minimum atomic E-state index is -0.738. The van der Waals surface area contributed by atoms with E-state index in [1.54, 1.807) is 11.3 Å². The monoisotopic (exact) mass is 312 g/mol. The molecule has 0 aliphatic carbocycles. The Morgan fingerprint density at radius 2 is 2.25 bits per heavy atom. The number of aromatic nitrogens is 2. The number of thioether (sulfide) groups is 1. The maximum absolute atomic E-state index is 11.1. The minimum Gasteiger partial charge on any atom is -0.469 e. The first-order chi connectivity index (χ1) is 9.52. The number of aryl methyl sites for hydroxylation is 2. The van der Waals surface area contributed by atoms with Gasteiger partial charge in [-0.1, -0.05) is 0 Å². The van der Waals surface area contributed by atoms with Crippen molar-refractivity contribution in [2.24, 2.45) is 0 Å². The fourth-order valence-electron chi connectivity index (χ4n) is 1.77. The molecule has 0 saturated heterocycles. The van der Waals surface area contributed by atoms with Crippen molar-refractivity contribution in [2.75, 3.05) is 12.9 Å². The zero-order valence-corrected chi connectivity index (χ0v) is 13.2. The molecule has 7 heteroatoms. The number of aliphatic hydroxyl groups is 1. The minimum absolute atomic E-state index is 0.000622. The molecule has 5 nitrogen and oxygen atoms in total. The van der Waals surface area contributed by atoms with Crippen molar-refractivity contribution in [3.63, 3.8) is 0 Å². The SMILES string of the molecule is COC(=O)C[C@@H](O)CSc1ncnc2sc(C)c(C)c12. The third kappa shape index (κ3) is 3.28. The van der Waals surface area contributed by atoms with Gasteiger partial charge in [0.25, 0.3) is 0 Å². The van der Waals surface area contributed by atoms with Crippen molar-refractivity contribution in [2.45, 2.75) is 31.4 Å². The summed E-state index contributed by atoms with van der Waals surface area (Å²) in [6.45, 7) is 4.11. The van der Waals surface area contributed by atoms with Crippen LogP contribution in [0.2, 0.25) is 0 Å². The van der Waals surface area contributed by atoms with Crippen LogP contribution in [0.4, 0.5) is 0 Å². The van der Waals surface area contributed by atoms with Crippen molar-refractivity contribution in [1.29, 1.82) is 0 Å². The predicted octanol–water partition coefficient (Wildman–Crippen LogP) is 2.32. The first-order valence-electron chi connectivity index (χ1n) is 6.11. The van der Waals surface area contributed by atoms with Crippen LogP contribution in [0.1, 0.15) is 16.9 Å². The summed E-state index contributed by atoms with van der Waals surface area (Å²) in [6, 6.07) is 0. The highest BCUT2D eigenvalue weighted by atomic mass is 32.2. The normalized spacial score (nSPS) is 12.6. The Bertz CT molecular complexity index is 627. The molecule has 20 heavy (non-hydrogen) atoms. The predicted molar refractivity (Wildman–Crippen MR) is 80.3 cm³/mol. The summed E-state index contributed by atoms with van der Waals surface area (Å²) in [4.78, 5) is 21.8. The molecule has 0 aliphatic heterocycles. The number of nitrogens with zero attached hydrogens (tertiary/aromatic N) is 2. The Morgan fingerprint density at radius 1 is 1.50 bits per heavy atom. The van der Waals surface area contributed by atoms with E-state index in [-0.39, 0.29) is 6.42 Å². The topological polar surface area (TPSA) is 72.3 Å². The fourth-order valence-corrected chi connectivity index (χ4v) is 3.81. The lowest BCUT2D eigenvalue weighted by atomic mass is 10.2. The Morgan fingerprint density at radius 3 is 2.95 bits per heavy atom. The van der Waals surface area contributed by atoms with Gasteiger partial charge < -0.3 is 9.84 Å². The molecule has 2 aromatic rings. The molecule has 0 aromatic carbocycles. The standard InChI is InChI=1S/C13H16N2O3S2/c1-7-8(2)20-13-11(7)12(14-6-15-13)19-5-9(16)4-10(17)18-3/h6,9,16H,4-5H2,1-3H3/t9-/m1/s1. The van der Waals surface area contributed by atoms with E-state index >= 15 is 0 Å². The summed E-state index contributed by atoms with van der Waals surface area (Å²) in [6.07, 6.45) is 0.795. The molecule has 2 aromatic heterocycles. The first kappa shape index (κ1) is 15.2. The average Bonchev–Trinajstić information content (AvgIpc) is 2.72. The summed E-state index contributed by atoms with van der Waals surface area (Å²) in [5.74, 6) is -0.0104. The Labute approximate surface area is 125 Å². The van der Waals surface area contributed by atoms with Gasteiger partial charge in [-0.3, -0.25) is 4.79 Å². The Kier molecular flexibility index (Phi) is 4.95. The largest absolute Gasteiger partial charge is 0.469 e. The molecule has 0 saturated carbocycles. The molecule has 0 radical (unpaired) electrons. The Balaban J connectivity index is 2.12. The van der Waals surface area contributed by atoms with Crippen molar-refractivity contribution in [3.8, 4) is 0 Å². The molecule has 0 spiro atoms. The molecule has 2 heterocycles. The second-order valence-electron chi connectivity index (χ2n) is 4.39. The van der Waals surface area contributed by atoms with E-state index in [2.05, 4.69) is 21.6 Å². The molecule has 0 bridgehead atoms. The van der Waals surface area contributed by atoms with Crippen molar-refractivity contribution in [3.05, 3.63) is 16.8 Å². The lowest BCUT2D eigenvalue weighted by Crippen LogP contribution is -2.16. The zero-order valence-electron chi connectivity index (χ0n) is 11.5. The van der Waals surface area contributed by atoms with Gasteiger partial charge in [-0.2, -0.15) is 0 Å². The average molecular weight is 312 g/mol. The lowest BCUT2D eigenvalue weighted by Gasteiger charge is -2.09. The van der Waals surface area contributed by atoms with Crippen LogP contribution >= 0.6 is 23.1 Å². The van der Waals surface area contributed by atoms with E-state index in [1.165, 1.54) is 35.6 Å². The zero-order chi connectivity index (χ0) is 14.7. The summed E-state index contributed by atoms with van der Waals surface area (Å²) in [5.41, 5.74) is 1.18. The highest BCUT2D eigenvalue weighted by molar-refractivity contribution is 7.99. The number of thiophene rings is 1. The van der Waals surface area contributed by atoms with Crippen LogP contribution in [0, 0.1) is 13.8 Å². The van der Waals surface area contributed by atoms with Crippen LogP contribution < -0.4 is 0 Å². The van der Waals surface area contributed by atoms with Crippen molar-refractivity contribution < 1.29 is 14.6 Å². The van der Waals surface area contributed by atoms with Crippen LogP contribution in [-0.4, -0.2) is 40.0 Å². The molecule has 0 unspecified atom stereocenters. The highest BCUT2D eigenvalue weighted by Gasteiger charge is 2.15. The van der Waals surface area contributed by atoms with Crippen molar-refractivity contribution >= 4 is 39.3 Å². The van der Waals surface area contributed by atoms with Gasteiger partial charge in [-0.05, 0) is 19.4 Å². The number of methoxy groups -OCH3 is 1. The Hall–Kier alpha value is -1.18. The van der Waals surface area contributed by atoms with Crippen LogP contribution in [0.15, 0.2) is 11.4 Å². The third-order valence-electron chi connectivity index (χ3n) is 2.97. The summed E-state index contributed by atoms with van der Waals surface area (Å²) >= 11 is 3.08. The summed E-state index contributed by atoms with van der Waals surface area (Å²) in [7, 11) is 1.31. The third-order valence-corrected chi connectivity index (χ3v) is 5.22. The maximum Gasteiger partial charge on any atom is 0.308 e. The number of rotatable bonds is 5. The smallest absolute Gasteiger partial charge is 0.308 e. The van der Waals surface area contributed by atoms with Gasteiger partial charge in [0.1, 0.15) is 16.2 Å². The number of esters is 1. The first-order valence-corrected chi connectivity index (χ1v) is 7.91. The number of aliphatic hydroxyl groups excluding tert-OH is 1. The molecular weight excluding hydrogens is 296 g/mol. The number of hydrogen-bond donors (Lipinski definition) is 1. The van der Waals surface area contributed by atoms with Gasteiger partial charge in [0, 0.05) is 16.0 Å². The summed E-state index contributed by atoms with van der Waals surface area (Å²) < 4.78 is 4.53. The van der Waals surface area contributed by atoms with E-state index in [0.29, 0.717) is 5.75 Å². The van der Waals surface area contributed by atoms with Crippen molar-refractivity contribution in [1.82, 2.24) is 9.97 Å². The van der Waals surface area contributed by atoms with Gasteiger partial charge in [0.15, 0.2) is 0 Å². The maximum atomic E-state index is 11.1. The molecule has 0 fully saturated rings. The molecule has 0 amide bonds. The van der Waals surface area contributed by atoms with Gasteiger partial charge in [0.05, 0.1) is 19.6 Å². The molecule has 108 valence electrons. The van der Waals surface area contributed by atoms with E-state index in [1.807, 2.05) is 6.92 Å². The molecular formula is C13H16N2O3S2. The van der Waals surface area contributed by atoms with Crippen LogP contribution in [0.25, 0.3) is 10.2 Å². The molecule has 1 atom stereocenters. The van der Waals surface area contributed by atoms with Crippen LogP contribution in [0.5, 0.6) is 0 Å². The van der Waals surface area contributed by atoms with Gasteiger partial charge in [-0.25, -0.2) is 9.97 Å². The number of hydrogen-bond acceptors (Lipinski definition) is 7. The van der Waals surface area contributed by atoms with Gasteiger partial charge in [-0.15, -0.1) is 23.1 Å². The van der Waals surface area contributed by atoms with Gasteiger partial charge in [0.2, 0.25) is 0 Å². The van der Waals surface area contributed by atoms with Crippen LogP contribution in [0.3, 0.4) is 0 Å². The lowest BCUT2D eigenvalue weighted by molar-refractivity contribution is -0.142. The fraction of sp³-hybridized carbons (Fsp3) is 0.462. The number of ether oxygens (including phenoxy) is 1.